The lowest BCUT2D eigenvalue weighted by molar-refractivity contribution is 0.101. The van der Waals surface area contributed by atoms with Crippen molar-refractivity contribution in [3.63, 3.8) is 0 Å². The Bertz CT molecular complexity index is 901. The van der Waals surface area contributed by atoms with Gasteiger partial charge in [-0.05, 0) is 24.3 Å². The van der Waals surface area contributed by atoms with Gasteiger partial charge in [-0.2, -0.15) is 0 Å². The minimum atomic E-state index is -0.745. The molecule has 0 saturated carbocycles. The number of aromatic nitrogens is 3. The zero-order valence-electron chi connectivity index (χ0n) is 12.1. The third kappa shape index (κ3) is 3.70. The number of hydrogen-bond donors (Lipinski definition) is 1. The molecule has 2 aromatic carbocycles. The van der Waals surface area contributed by atoms with Crippen molar-refractivity contribution >= 4 is 33.5 Å². The van der Waals surface area contributed by atoms with E-state index in [1.165, 1.54) is 0 Å². The van der Waals surface area contributed by atoms with Crippen molar-refractivity contribution in [1.82, 2.24) is 15.2 Å². The van der Waals surface area contributed by atoms with Crippen LogP contribution in [0, 0.1) is 11.6 Å². The van der Waals surface area contributed by atoms with E-state index in [1.54, 1.807) is 0 Å². The first kappa shape index (κ1) is 16.8. The maximum absolute atomic E-state index is 13.6. The average Bonchev–Trinajstić information content (AvgIpc) is 3.04. The van der Waals surface area contributed by atoms with Gasteiger partial charge in [0.1, 0.15) is 11.6 Å². The van der Waals surface area contributed by atoms with Crippen LogP contribution in [-0.2, 0) is 0 Å². The molecule has 24 heavy (non-hydrogen) atoms. The number of rotatable bonds is 5. The minimum Gasteiger partial charge on any atom is -0.293 e. The van der Waals surface area contributed by atoms with Crippen LogP contribution in [0.1, 0.15) is 10.4 Å². The molecule has 0 aliphatic heterocycles. The summed E-state index contributed by atoms with van der Waals surface area (Å²) < 4.78 is 27.6. The minimum absolute atomic E-state index is 0.0897. The molecule has 0 spiro atoms. The van der Waals surface area contributed by atoms with Crippen LogP contribution in [-0.4, -0.2) is 26.7 Å². The molecule has 0 aliphatic carbocycles. The first-order valence-electron chi connectivity index (χ1n) is 6.83. The molecule has 4 nitrogen and oxygen atoms in total. The summed E-state index contributed by atoms with van der Waals surface area (Å²) in [6.45, 7) is 0. The van der Waals surface area contributed by atoms with Crippen molar-refractivity contribution in [1.29, 1.82) is 0 Å². The van der Waals surface area contributed by atoms with Gasteiger partial charge in [0.05, 0.1) is 11.3 Å². The molecule has 3 rings (SSSR count). The van der Waals surface area contributed by atoms with E-state index < -0.39 is 17.4 Å². The normalized spacial score (nSPS) is 10.8. The van der Waals surface area contributed by atoms with Crippen LogP contribution in [0.25, 0.3) is 11.4 Å². The summed E-state index contributed by atoms with van der Waals surface area (Å²) in [6.07, 6.45) is 0. The number of thioether (sulfide) groups is 1. The Hall–Kier alpha value is -2.06. The second-order valence-corrected chi connectivity index (χ2v) is 6.58. The standard InChI is InChI=1S/C16H10BrF2N3OS/c17-12-4-2-1-3-10(12)15-20-16(22-21-15)24-8-14(23)11-7-9(18)5-6-13(11)19/h1-7H,8H2,(H,20,21,22). The molecule has 3 aromatic rings. The summed E-state index contributed by atoms with van der Waals surface area (Å²) in [4.78, 5) is 16.3. The Labute approximate surface area is 148 Å². The first-order valence-corrected chi connectivity index (χ1v) is 8.61. The van der Waals surface area contributed by atoms with E-state index in [0.717, 1.165) is 40.0 Å². The van der Waals surface area contributed by atoms with Gasteiger partial charge in [0.15, 0.2) is 11.6 Å². The molecule has 0 radical (unpaired) electrons. The molecule has 8 heteroatoms. The molecule has 1 N–H and O–H groups in total. The number of benzene rings is 2. The fraction of sp³-hybridized carbons (Fsp3) is 0.0625. The largest absolute Gasteiger partial charge is 0.293 e. The number of ketones is 1. The number of Topliss-reactive ketones (excluding diaryl/α,β-unsaturated/α-hetero) is 1. The van der Waals surface area contributed by atoms with Gasteiger partial charge in [-0.15, -0.1) is 5.10 Å². The molecule has 0 saturated heterocycles. The molecule has 1 heterocycles. The SMILES string of the molecule is O=C(CSc1n[nH]c(-c2ccccc2Br)n1)c1cc(F)ccc1F. The lowest BCUT2D eigenvalue weighted by Crippen LogP contribution is -2.06. The van der Waals surface area contributed by atoms with Gasteiger partial charge in [0.2, 0.25) is 5.16 Å². The number of nitrogens with one attached hydrogen (secondary N) is 1. The number of halogens is 3. The lowest BCUT2D eigenvalue weighted by Gasteiger charge is -2.01. The number of hydrogen-bond acceptors (Lipinski definition) is 4. The third-order valence-electron chi connectivity index (χ3n) is 3.16. The van der Waals surface area contributed by atoms with Crippen LogP contribution in [0.3, 0.4) is 0 Å². The summed E-state index contributed by atoms with van der Waals surface area (Å²) >= 11 is 4.48. The summed E-state index contributed by atoms with van der Waals surface area (Å²) in [5, 5.41) is 7.17. The molecule has 0 amide bonds. The molecule has 0 unspecified atom stereocenters. The Balaban J connectivity index is 1.71. The highest BCUT2D eigenvalue weighted by Gasteiger charge is 2.15. The second-order valence-electron chi connectivity index (χ2n) is 4.78. The second kappa shape index (κ2) is 7.23. The highest BCUT2D eigenvalue weighted by atomic mass is 79.9. The number of H-pyrrole nitrogens is 1. The van der Waals surface area contributed by atoms with Gasteiger partial charge in [0, 0.05) is 10.0 Å². The van der Waals surface area contributed by atoms with Crippen molar-refractivity contribution in [3.8, 4) is 11.4 Å². The molecule has 1 aromatic heterocycles. The number of nitrogens with zero attached hydrogens (tertiary/aromatic N) is 2. The average molecular weight is 410 g/mol. The smallest absolute Gasteiger partial charge is 0.209 e. The van der Waals surface area contributed by atoms with Crippen molar-refractivity contribution in [2.24, 2.45) is 0 Å². The van der Waals surface area contributed by atoms with E-state index in [1.807, 2.05) is 24.3 Å². The molecular weight excluding hydrogens is 400 g/mol. The molecule has 122 valence electrons. The van der Waals surface area contributed by atoms with Crippen molar-refractivity contribution in [2.45, 2.75) is 5.16 Å². The van der Waals surface area contributed by atoms with Crippen molar-refractivity contribution in [2.75, 3.05) is 5.75 Å². The van der Waals surface area contributed by atoms with Crippen LogP contribution in [0.4, 0.5) is 8.78 Å². The van der Waals surface area contributed by atoms with Crippen LogP contribution in [0.2, 0.25) is 0 Å². The maximum Gasteiger partial charge on any atom is 0.209 e. The Kier molecular flexibility index (Phi) is 5.06. The molecule has 0 bridgehead atoms. The molecular formula is C16H10BrF2N3OS. The van der Waals surface area contributed by atoms with Gasteiger partial charge in [-0.1, -0.05) is 45.9 Å². The maximum atomic E-state index is 13.6. The molecule has 0 aliphatic rings. The summed E-state index contributed by atoms with van der Waals surface area (Å²) in [6, 6.07) is 10.3. The van der Waals surface area contributed by atoms with Gasteiger partial charge in [-0.25, -0.2) is 13.8 Å². The quantitative estimate of drug-likeness (QED) is 0.498. The number of carbonyl (C=O) groups is 1. The number of aromatic amines is 1. The zero-order valence-corrected chi connectivity index (χ0v) is 14.5. The highest BCUT2D eigenvalue weighted by Crippen LogP contribution is 2.26. The summed E-state index contributed by atoms with van der Waals surface area (Å²) in [5.41, 5.74) is 0.559. The van der Waals surface area contributed by atoms with Gasteiger partial charge >= 0.3 is 0 Å². The lowest BCUT2D eigenvalue weighted by atomic mass is 10.1. The monoisotopic (exact) mass is 409 g/mol. The van der Waals surface area contributed by atoms with Crippen LogP contribution < -0.4 is 0 Å². The summed E-state index contributed by atoms with van der Waals surface area (Å²) in [7, 11) is 0. The van der Waals surface area contributed by atoms with Crippen LogP contribution in [0.5, 0.6) is 0 Å². The molecule has 0 atom stereocenters. The summed E-state index contributed by atoms with van der Waals surface area (Å²) in [5.74, 6) is -1.46. The van der Waals surface area contributed by atoms with Crippen LogP contribution in [0.15, 0.2) is 52.1 Å². The van der Waals surface area contributed by atoms with E-state index in [-0.39, 0.29) is 11.3 Å². The van der Waals surface area contributed by atoms with Gasteiger partial charge in [-0.3, -0.25) is 9.89 Å². The van der Waals surface area contributed by atoms with E-state index in [2.05, 4.69) is 31.1 Å². The topological polar surface area (TPSA) is 58.6 Å². The first-order chi connectivity index (χ1) is 11.5. The predicted molar refractivity (Wildman–Crippen MR) is 90.9 cm³/mol. The van der Waals surface area contributed by atoms with E-state index in [9.17, 15) is 13.6 Å². The van der Waals surface area contributed by atoms with Crippen molar-refractivity contribution in [3.05, 3.63) is 64.1 Å². The molecule has 0 fully saturated rings. The van der Waals surface area contributed by atoms with Gasteiger partial charge in [0.25, 0.3) is 0 Å². The fourth-order valence-corrected chi connectivity index (χ4v) is 3.16. The number of carbonyl (C=O) groups excluding carboxylic acids is 1. The third-order valence-corrected chi connectivity index (χ3v) is 4.69. The van der Waals surface area contributed by atoms with E-state index >= 15 is 0 Å². The Morgan fingerprint density at radius 2 is 2.00 bits per heavy atom. The van der Waals surface area contributed by atoms with Crippen molar-refractivity contribution < 1.29 is 13.6 Å². The highest BCUT2D eigenvalue weighted by molar-refractivity contribution is 9.10. The van der Waals surface area contributed by atoms with E-state index in [4.69, 9.17) is 0 Å². The fourth-order valence-electron chi connectivity index (χ4n) is 2.00. The zero-order chi connectivity index (χ0) is 17.1. The predicted octanol–water partition coefficient (Wildman–Crippen LogP) is 4.49. The van der Waals surface area contributed by atoms with Crippen LogP contribution >= 0.6 is 27.7 Å². The van der Waals surface area contributed by atoms with Gasteiger partial charge < -0.3 is 0 Å². The Morgan fingerprint density at radius 3 is 2.79 bits per heavy atom. The Morgan fingerprint density at radius 1 is 1.21 bits per heavy atom. The van der Waals surface area contributed by atoms with E-state index in [0.29, 0.717) is 11.0 Å².